The number of rotatable bonds is 2. The van der Waals surface area contributed by atoms with Gasteiger partial charge in [0, 0.05) is 11.6 Å². The molecule has 0 atom stereocenters. The first-order chi connectivity index (χ1) is 8.47. The summed E-state index contributed by atoms with van der Waals surface area (Å²) in [5.74, 6) is -3.19. The Kier molecular flexibility index (Phi) is 3.19. The molecule has 2 aromatic rings. The van der Waals surface area contributed by atoms with Crippen molar-refractivity contribution in [2.45, 2.75) is 6.92 Å². The first-order valence-electron chi connectivity index (χ1n) is 5.24. The van der Waals surface area contributed by atoms with Gasteiger partial charge in [-0.25, -0.2) is 13.2 Å². The summed E-state index contributed by atoms with van der Waals surface area (Å²) in [6.45, 7) is 1.70. The molecule has 0 saturated heterocycles. The Morgan fingerprint density at radius 3 is 2.17 bits per heavy atom. The molecule has 4 heteroatoms. The van der Waals surface area contributed by atoms with Gasteiger partial charge in [-0.15, -0.1) is 0 Å². The first kappa shape index (κ1) is 12.4. The molecule has 0 fully saturated rings. The normalized spacial score (nSPS) is 10.4. The summed E-state index contributed by atoms with van der Waals surface area (Å²) in [5.41, 5.74) is 0.286. The van der Waals surface area contributed by atoms with Gasteiger partial charge in [-0.2, -0.15) is 0 Å². The standard InChI is InChI=1S/C14H9F3O/c1-8-2-3-13(17)12(4-8)14(18)9-5-10(15)7-11(16)6-9/h2-7H,1H3. The molecule has 0 aliphatic carbocycles. The van der Waals surface area contributed by atoms with Crippen LogP contribution in [0.1, 0.15) is 21.5 Å². The zero-order valence-electron chi connectivity index (χ0n) is 9.51. The van der Waals surface area contributed by atoms with Crippen molar-refractivity contribution in [3.8, 4) is 0 Å². The van der Waals surface area contributed by atoms with Gasteiger partial charge in [-0.05, 0) is 31.2 Å². The number of aryl methyl sites for hydroxylation is 1. The number of ketones is 1. The van der Waals surface area contributed by atoms with Crippen LogP contribution in [0.15, 0.2) is 36.4 Å². The molecule has 92 valence electrons. The van der Waals surface area contributed by atoms with Crippen LogP contribution < -0.4 is 0 Å². The lowest BCUT2D eigenvalue weighted by Gasteiger charge is -2.04. The van der Waals surface area contributed by atoms with Gasteiger partial charge in [-0.3, -0.25) is 4.79 Å². The number of benzene rings is 2. The van der Waals surface area contributed by atoms with Gasteiger partial charge in [0.25, 0.3) is 0 Å². The fourth-order valence-corrected chi connectivity index (χ4v) is 1.65. The van der Waals surface area contributed by atoms with Crippen LogP contribution in [0, 0.1) is 24.4 Å². The average molecular weight is 250 g/mol. The van der Waals surface area contributed by atoms with E-state index in [2.05, 4.69) is 0 Å². The predicted molar refractivity (Wildman–Crippen MR) is 60.9 cm³/mol. The molecule has 0 aliphatic heterocycles. The summed E-state index contributed by atoms with van der Waals surface area (Å²) in [6.07, 6.45) is 0. The van der Waals surface area contributed by atoms with Crippen molar-refractivity contribution in [1.29, 1.82) is 0 Å². The van der Waals surface area contributed by atoms with Crippen molar-refractivity contribution in [3.63, 3.8) is 0 Å². The van der Waals surface area contributed by atoms with Gasteiger partial charge >= 0.3 is 0 Å². The second-order valence-corrected chi connectivity index (χ2v) is 3.97. The molecule has 0 radical (unpaired) electrons. The van der Waals surface area contributed by atoms with E-state index in [4.69, 9.17) is 0 Å². The van der Waals surface area contributed by atoms with E-state index >= 15 is 0 Å². The van der Waals surface area contributed by atoms with Crippen LogP contribution in [-0.2, 0) is 0 Å². The lowest BCUT2D eigenvalue weighted by molar-refractivity contribution is 0.103. The highest BCUT2D eigenvalue weighted by Crippen LogP contribution is 2.17. The van der Waals surface area contributed by atoms with Crippen LogP contribution in [-0.4, -0.2) is 5.78 Å². The van der Waals surface area contributed by atoms with E-state index in [-0.39, 0.29) is 11.1 Å². The maximum atomic E-state index is 13.5. The number of hydrogen-bond donors (Lipinski definition) is 0. The molecule has 0 heterocycles. The quantitative estimate of drug-likeness (QED) is 0.743. The molecule has 2 aromatic carbocycles. The molecule has 2 rings (SSSR count). The molecule has 0 bridgehead atoms. The lowest BCUT2D eigenvalue weighted by atomic mass is 10.0. The van der Waals surface area contributed by atoms with Gasteiger partial charge in [0.2, 0.25) is 0 Å². The number of halogens is 3. The summed E-state index contributed by atoms with van der Waals surface area (Å²) in [6, 6.07) is 6.43. The summed E-state index contributed by atoms with van der Waals surface area (Å²) in [4.78, 5) is 12.0. The highest BCUT2D eigenvalue weighted by Gasteiger charge is 2.15. The summed E-state index contributed by atoms with van der Waals surface area (Å²) >= 11 is 0. The Hall–Kier alpha value is -2.10. The number of carbonyl (C=O) groups is 1. The zero-order valence-corrected chi connectivity index (χ0v) is 9.51. The smallest absolute Gasteiger partial charge is 0.196 e. The van der Waals surface area contributed by atoms with E-state index in [1.165, 1.54) is 12.1 Å². The molecule has 0 amide bonds. The van der Waals surface area contributed by atoms with Crippen molar-refractivity contribution in [2.24, 2.45) is 0 Å². The van der Waals surface area contributed by atoms with E-state index in [1.807, 2.05) is 0 Å². The molecule has 0 aromatic heterocycles. The summed E-state index contributed by atoms with van der Waals surface area (Å²) < 4.78 is 39.5. The molecule has 18 heavy (non-hydrogen) atoms. The van der Waals surface area contributed by atoms with Crippen molar-refractivity contribution in [3.05, 3.63) is 70.5 Å². The van der Waals surface area contributed by atoms with Gasteiger partial charge in [0.1, 0.15) is 17.5 Å². The van der Waals surface area contributed by atoms with Crippen LogP contribution in [0.2, 0.25) is 0 Å². The first-order valence-corrected chi connectivity index (χ1v) is 5.24. The van der Waals surface area contributed by atoms with Crippen molar-refractivity contribution in [2.75, 3.05) is 0 Å². The SMILES string of the molecule is Cc1ccc(F)c(C(=O)c2cc(F)cc(F)c2)c1. The Morgan fingerprint density at radius 1 is 0.944 bits per heavy atom. The van der Waals surface area contributed by atoms with E-state index in [0.29, 0.717) is 11.6 Å². The minimum atomic E-state index is -0.869. The Labute approximate surface area is 102 Å². The topological polar surface area (TPSA) is 17.1 Å². The van der Waals surface area contributed by atoms with Crippen molar-refractivity contribution < 1.29 is 18.0 Å². The highest BCUT2D eigenvalue weighted by molar-refractivity contribution is 6.09. The van der Waals surface area contributed by atoms with E-state index < -0.39 is 23.2 Å². The molecule has 1 nitrogen and oxygen atoms in total. The third-order valence-corrected chi connectivity index (χ3v) is 2.49. The maximum absolute atomic E-state index is 13.5. The Morgan fingerprint density at radius 2 is 1.56 bits per heavy atom. The van der Waals surface area contributed by atoms with E-state index in [9.17, 15) is 18.0 Å². The van der Waals surface area contributed by atoms with Crippen LogP contribution in [0.25, 0.3) is 0 Å². The minimum absolute atomic E-state index is 0.194. The van der Waals surface area contributed by atoms with E-state index in [0.717, 1.165) is 18.2 Å². The van der Waals surface area contributed by atoms with Crippen LogP contribution in [0.5, 0.6) is 0 Å². The van der Waals surface area contributed by atoms with Gasteiger partial charge in [-0.1, -0.05) is 11.6 Å². The summed E-state index contributed by atoms with van der Waals surface area (Å²) in [7, 11) is 0. The van der Waals surface area contributed by atoms with Gasteiger partial charge in [0.05, 0.1) is 5.56 Å². The summed E-state index contributed by atoms with van der Waals surface area (Å²) in [5, 5.41) is 0. The zero-order chi connectivity index (χ0) is 13.3. The molecule has 0 saturated carbocycles. The van der Waals surface area contributed by atoms with Crippen LogP contribution >= 0.6 is 0 Å². The van der Waals surface area contributed by atoms with Crippen LogP contribution in [0.3, 0.4) is 0 Å². The minimum Gasteiger partial charge on any atom is -0.288 e. The average Bonchev–Trinajstić information content (AvgIpc) is 2.30. The molecular formula is C14H9F3O. The van der Waals surface area contributed by atoms with Gasteiger partial charge < -0.3 is 0 Å². The fraction of sp³-hybridized carbons (Fsp3) is 0.0714. The monoisotopic (exact) mass is 250 g/mol. The second kappa shape index (κ2) is 4.64. The second-order valence-electron chi connectivity index (χ2n) is 3.97. The van der Waals surface area contributed by atoms with Crippen molar-refractivity contribution >= 4 is 5.78 Å². The fourth-order valence-electron chi connectivity index (χ4n) is 1.65. The van der Waals surface area contributed by atoms with Crippen molar-refractivity contribution in [1.82, 2.24) is 0 Å². The maximum Gasteiger partial charge on any atom is 0.196 e. The molecular weight excluding hydrogens is 241 g/mol. The molecule has 0 unspecified atom stereocenters. The highest BCUT2D eigenvalue weighted by atomic mass is 19.1. The number of hydrogen-bond acceptors (Lipinski definition) is 1. The third kappa shape index (κ3) is 2.42. The third-order valence-electron chi connectivity index (χ3n) is 2.49. The lowest BCUT2D eigenvalue weighted by Crippen LogP contribution is -2.05. The molecule has 0 N–H and O–H groups in total. The largest absolute Gasteiger partial charge is 0.288 e. The van der Waals surface area contributed by atoms with Crippen LogP contribution in [0.4, 0.5) is 13.2 Å². The number of carbonyl (C=O) groups excluding carboxylic acids is 1. The Bertz CT molecular complexity index is 600. The van der Waals surface area contributed by atoms with Gasteiger partial charge in [0.15, 0.2) is 5.78 Å². The Balaban J connectivity index is 2.51. The molecule has 0 aliphatic rings. The van der Waals surface area contributed by atoms with E-state index in [1.54, 1.807) is 6.92 Å². The molecule has 0 spiro atoms. The predicted octanol–water partition coefficient (Wildman–Crippen LogP) is 3.64.